The molecule has 0 fully saturated rings. The molecular weight excluding hydrogens is 460 g/mol. The van der Waals surface area contributed by atoms with Gasteiger partial charge in [-0.25, -0.2) is 0 Å². The molecule has 1 aliphatic carbocycles. The van der Waals surface area contributed by atoms with Crippen LogP contribution < -0.4 is 4.74 Å². The van der Waals surface area contributed by atoms with Crippen LogP contribution in [0.3, 0.4) is 0 Å². The number of hydrogen-bond donors (Lipinski definition) is 0. The predicted octanol–water partition coefficient (Wildman–Crippen LogP) is 10.3. The highest BCUT2D eigenvalue weighted by molar-refractivity contribution is 6.11. The Hall–Kier alpha value is -4.62. The highest BCUT2D eigenvalue weighted by atomic mass is 16.5. The van der Waals surface area contributed by atoms with Gasteiger partial charge >= 0.3 is 0 Å². The second-order valence-corrected chi connectivity index (χ2v) is 10.9. The summed E-state index contributed by atoms with van der Waals surface area (Å²) in [6.45, 7) is 4.68. The molecule has 1 aliphatic heterocycles. The van der Waals surface area contributed by atoms with Gasteiger partial charge in [-0.2, -0.15) is 0 Å². The molecule has 8 rings (SSSR count). The highest BCUT2D eigenvalue weighted by Gasteiger charge is 2.36. The largest absolute Gasteiger partial charge is 0.456 e. The van der Waals surface area contributed by atoms with Crippen molar-refractivity contribution in [2.75, 3.05) is 0 Å². The van der Waals surface area contributed by atoms with Crippen LogP contribution in [0.4, 0.5) is 0 Å². The molecule has 1 heterocycles. The zero-order valence-corrected chi connectivity index (χ0v) is 21.5. The lowest BCUT2D eigenvalue weighted by Gasteiger charge is -2.24. The van der Waals surface area contributed by atoms with E-state index in [1.165, 1.54) is 55.3 Å². The van der Waals surface area contributed by atoms with Crippen LogP contribution in [0.5, 0.6) is 11.5 Å². The lowest BCUT2D eigenvalue weighted by Crippen LogP contribution is -2.14. The number of fused-ring (bicyclic) bond motifs is 5. The van der Waals surface area contributed by atoms with Gasteiger partial charge in [0.25, 0.3) is 0 Å². The average Bonchev–Trinajstić information content (AvgIpc) is 3.20. The van der Waals surface area contributed by atoms with E-state index in [2.05, 4.69) is 135 Å². The Balaban J connectivity index is 1.35. The Morgan fingerprint density at radius 1 is 0.474 bits per heavy atom. The fourth-order valence-electron chi connectivity index (χ4n) is 6.66. The number of rotatable bonds is 2. The summed E-state index contributed by atoms with van der Waals surface area (Å²) in [7, 11) is 0. The Kier molecular flexibility index (Phi) is 4.35. The topological polar surface area (TPSA) is 9.23 Å². The van der Waals surface area contributed by atoms with Crippen molar-refractivity contribution >= 4 is 10.8 Å². The molecule has 0 bridgehead atoms. The third kappa shape index (κ3) is 2.87. The van der Waals surface area contributed by atoms with Gasteiger partial charge in [-0.05, 0) is 73.7 Å². The van der Waals surface area contributed by atoms with E-state index in [4.69, 9.17) is 4.74 Å². The van der Waals surface area contributed by atoms with Crippen molar-refractivity contribution in [2.24, 2.45) is 0 Å². The van der Waals surface area contributed by atoms with E-state index in [0.29, 0.717) is 0 Å². The smallest absolute Gasteiger partial charge is 0.135 e. The van der Waals surface area contributed by atoms with E-state index in [9.17, 15) is 0 Å². The normalized spacial score (nSPS) is 13.9. The van der Waals surface area contributed by atoms with Gasteiger partial charge in [-0.1, -0.05) is 117 Å². The van der Waals surface area contributed by atoms with E-state index in [-0.39, 0.29) is 5.41 Å². The van der Waals surface area contributed by atoms with E-state index in [1.54, 1.807) is 0 Å². The van der Waals surface area contributed by atoms with Crippen molar-refractivity contribution in [3.05, 3.63) is 132 Å². The molecule has 6 aromatic carbocycles. The van der Waals surface area contributed by atoms with Crippen molar-refractivity contribution in [1.82, 2.24) is 0 Å². The molecule has 0 unspecified atom stereocenters. The maximum atomic E-state index is 6.58. The van der Waals surface area contributed by atoms with E-state index >= 15 is 0 Å². The Morgan fingerprint density at radius 3 is 2.08 bits per heavy atom. The molecule has 6 aromatic rings. The molecule has 0 radical (unpaired) electrons. The molecular formula is C37H26O. The Morgan fingerprint density at radius 2 is 1.18 bits per heavy atom. The SMILES string of the molecule is CC1(C)c2ccccc2-c2c(-c3ccc4c5c(cccc35)-c3ccc(-c5ccccc5)cc3O4)cccc21. The van der Waals surface area contributed by atoms with Gasteiger partial charge < -0.3 is 4.74 Å². The van der Waals surface area contributed by atoms with Crippen LogP contribution in [0, 0.1) is 0 Å². The molecule has 180 valence electrons. The number of benzene rings is 6. The molecule has 38 heavy (non-hydrogen) atoms. The summed E-state index contributed by atoms with van der Waals surface area (Å²) in [4.78, 5) is 0. The first-order valence-electron chi connectivity index (χ1n) is 13.3. The molecule has 0 aromatic heterocycles. The van der Waals surface area contributed by atoms with Crippen LogP contribution in [0.1, 0.15) is 25.0 Å². The summed E-state index contributed by atoms with van der Waals surface area (Å²) < 4.78 is 6.58. The minimum Gasteiger partial charge on any atom is -0.456 e. The number of ether oxygens (including phenoxy) is 1. The molecule has 0 spiro atoms. The van der Waals surface area contributed by atoms with Crippen LogP contribution in [0.15, 0.2) is 121 Å². The van der Waals surface area contributed by atoms with E-state index < -0.39 is 0 Å². The third-order valence-corrected chi connectivity index (χ3v) is 8.50. The molecule has 0 atom stereocenters. The van der Waals surface area contributed by atoms with Gasteiger partial charge in [0.1, 0.15) is 11.5 Å². The molecule has 0 saturated heterocycles. The summed E-state index contributed by atoms with van der Waals surface area (Å²) >= 11 is 0. The zero-order chi connectivity index (χ0) is 25.4. The second-order valence-electron chi connectivity index (χ2n) is 10.9. The first-order chi connectivity index (χ1) is 18.6. The summed E-state index contributed by atoms with van der Waals surface area (Å²) in [5.74, 6) is 1.83. The van der Waals surface area contributed by atoms with Crippen molar-refractivity contribution in [1.29, 1.82) is 0 Å². The minimum absolute atomic E-state index is 0.0210. The Bertz CT molecular complexity index is 1910. The van der Waals surface area contributed by atoms with Gasteiger partial charge in [-0.15, -0.1) is 0 Å². The van der Waals surface area contributed by atoms with Crippen LogP contribution in [-0.2, 0) is 5.41 Å². The van der Waals surface area contributed by atoms with Crippen molar-refractivity contribution in [2.45, 2.75) is 19.3 Å². The summed E-state index contributed by atoms with van der Waals surface area (Å²) in [5.41, 5.74) is 12.8. The predicted molar refractivity (Wildman–Crippen MR) is 158 cm³/mol. The van der Waals surface area contributed by atoms with Gasteiger partial charge in [0.15, 0.2) is 0 Å². The van der Waals surface area contributed by atoms with Crippen molar-refractivity contribution in [3.8, 4) is 56.0 Å². The van der Waals surface area contributed by atoms with E-state index in [0.717, 1.165) is 22.6 Å². The lowest BCUT2D eigenvalue weighted by molar-refractivity contribution is 0.487. The van der Waals surface area contributed by atoms with Crippen LogP contribution in [-0.4, -0.2) is 0 Å². The molecule has 2 aliphatic rings. The molecule has 0 amide bonds. The fraction of sp³-hybridized carbons (Fsp3) is 0.0811. The monoisotopic (exact) mass is 486 g/mol. The third-order valence-electron chi connectivity index (χ3n) is 8.50. The molecule has 1 nitrogen and oxygen atoms in total. The molecule has 0 saturated carbocycles. The Labute approximate surface area is 223 Å². The standard InChI is InChI=1S/C37H26O/c1-37(2)31-16-7-6-12-30(31)35-27(15-9-17-32(35)37)25-20-21-33-36-28(25)13-8-14-29(36)26-19-18-24(22-34(26)38-33)23-10-4-3-5-11-23/h3-22H,1-2H3. The number of hydrogen-bond acceptors (Lipinski definition) is 1. The van der Waals surface area contributed by atoms with Crippen LogP contribution in [0.2, 0.25) is 0 Å². The second kappa shape index (κ2) is 7.69. The summed E-state index contributed by atoms with van der Waals surface area (Å²) in [6.07, 6.45) is 0. The van der Waals surface area contributed by atoms with Crippen LogP contribution in [0.25, 0.3) is 55.3 Å². The summed E-state index contributed by atoms with van der Waals surface area (Å²) in [5, 5.41) is 2.42. The van der Waals surface area contributed by atoms with Crippen LogP contribution >= 0.6 is 0 Å². The average molecular weight is 487 g/mol. The first kappa shape index (κ1) is 21.5. The van der Waals surface area contributed by atoms with E-state index in [1.807, 2.05) is 0 Å². The maximum absolute atomic E-state index is 6.58. The van der Waals surface area contributed by atoms with Crippen molar-refractivity contribution in [3.63, 3.8) is 0 Å². The van der Waals surface area contributed by atoms with Gasteiger partial charge in [0.05, 0.1) is 0 Å². The lowest BCUT2D eigenvalue weighted by atomic mass is 9.81. The quantitative estimate of drug-likeness (QED) is 0.236. The summed E-state index contributed by atoms with van der Waals surface area (Å²) in [6, 6.07) is 43.8. The first-order valence-corrected chi connectivity index (χ1v) is 13.3. The molecule has 0 N–H and O–H groups in total. The highest BCUT2D eigenvalue weighted by Crippen LogP contribution is 2.54. The zero-order valence-electron chi connectivity index (χ0n) is 21.5. The fourth-order valence-corrected chi connectivity index (χ4v) is 6.66. The van der Waals surface area contributed by atoms with Crippen molar-refractivity contribution < 1.29 is 4.74 Å². The van der Waals surface area contributed by atoms with Gasteiger partial charge in [0, 0.05) is 16.4 Å². The van der Waals surface area contributed by atoms with Gasteiger partial charge in [0.2, 0.25) is 0 Å². The molecule has 1 heteroatoms. The minimum atomic E-state index is -0.0210. The van der Waals surface area contributed by atoms with Gasteiger partial charge in [-0.3, -0.25) is 0 Å². The maximum Gasteiger partial charge on any atom is 0.135 e.